The third-order valence-corrected chi connectivity index (χ3v) is 20.5. The number of aliphatic hydroxyl groups is 2. The molecule has 26 atom stereocenters. The minimum Gasteiger partial charge on any atom is -0.726 e. The fourth-order valence-corrected chi connectivity index (χ4v) is 16.1. The van der Waals surface area contributed by atoms with E-state index in [1.165, 1.54) is 6.92 Å². The van der Waals surface area contributed by atoms with Crippen LogP contribution in [-0.4, -0.2) is 193 Å². The number of rotatable bonds is 11. The van der Waals surface area contributed by atoms with Crippen molar-refractivity contribution in [3.63, 3.8) is 0 Å². The normalized spacial score (nSPS) is 49.7. The van der Waals surface area contributed by atoms with Gasteiger partial charge in [-0.1, -0.05) is 43.9 Å². The summed E-state index contributed by atoms with van der Waals surface area (Å²) < 4.78 is 154. The van der Waals surface area contributed by atoms with Crippen molar-refractivity contribution in [2.75, 3.05) is 6.61 Å². The molecule has 80 heavy (non-hydrogen) atoms. The van der Waals surface area contributed by atoms with Crippen molar-refractivity contribution < 1.29 is 156 Å². The van der Waals surface area contributed by atoms with E-state index >= 15 is 0 Å². The van der Waals surface area contributed by atoms with Gasteiger partial charge in [0.2, 0.25) is 20.8 Å². The van der Waals surface area contributed by atoms with Crippen LogP contribution in [0.25, 0.3) is 0 Å². The Morgan fingerprint density at radius 1 is 0.700 bits per heavy atom. The molecule has 0 aromatic carbocycles. The summed E-state index contributed by atoms with van der Waals surface area (Å²) in [5.41, 5.74) is -3.80. The molecule has 11 fully saturated rings. The zero-order valence-electron chi connectivity index (χ0n) is 47.6. The number of allylic oxidation sites excluding steroid dienone is 3. The van der Waals surface area contributed by atoms with Crippen LogP contribution in [0, 0.1) is 5.92 Å². The van der Waals surface area contributed by atoms with Crippen molar-refractivity contribution in [3.8, 4) is 0 Å². The first-order chi connectivity index (χ1) is 36.5. The van der Waals surface area contributed by atoms with Crippen LogP contribution in [0.3, 0.4) is 0 Å². The first kappa shape index (κ1) is 64.6. The molecule has 0 saturated carbocycles. The van der Waals surface area contributed by atoms with E-state index < -0.39 is 129 Å². The van der Waals surface area contributed by atoms with Gasteiger partial charge in [0.25, 0.3) is 0 Å². The second-order valence-corrected chi connectivity index (χ2v) is 27.5. The molecule has 25 heteroatoms. The maximum absolute atomic E-state index is 12.3. The average Bonchev–Trinajstić information content (AvgIpc) is 3.62. The molecule has 21 nitrogen and oxygen atoms in total. The van der Waals surface area contributed by atoms with E-state index in [1.807, 2.05) is 6.92 Å². The Morgan fingerprint density at radius 3 is 1.89 bits per heavy atom. The summed E-state index contributed by atoms with van der Waals surface area (Å²) in [6.07, 6.45) is 1.21. The van der Waals surface area contributed by atoms with Crippen LogP contribution < -0.4 is 59.1 Å². The van der Waals surface area contributed by atoms with Crippen molar-refractivity contribution >= 4 is 20.8 Å². The predicted molar refractivity (Wildman–Crippen MR) is 272 cm³/mol. The average molecular weight is 1190 g/mol. The molecule has 11 heterocycles. The monoisotopic (exact) mass is 1190 g/mol. The third-order valence-electron chi connectivity index (χ3n) is 19.6. The summed E-state index contributed by atoms with van der Waals surface area (Å²) in [6.45, 7) is 23.0. The number of fused-ring (bicyclic) bond motifs is 10. The van der Waals surface area contributed by atoms with Crippen molar-refractivity contribution in [2.45, 2.75) is 282 Å². The van der Waals surface area contributed by atoms with Crippen LogP contribution in [0.5, 0.6) is 0 Å². The van der Waals surface area contributed by atoms with Crippen molar-refractivity contribution in [3.05, 3.63) is 49.1 Å². The molecule has 26 unspecified atom stereocenters. The Bertz CT molecular complexity index is 2560. The molecule has 0 aromatic rings. The van der Waals surface area contributed by atoms with Gasteiger partial charge in [-0.15, -0.1) is 6.58 Å². The molecule has 11 rings (SSSR count). The number of ether oxygens (including phenoxy) is 11. The van der Waals surface area contributed by atoms with Crippen LogP contribution in [0.4, 0.5) is 0 Å². The van der Waals surface area contributed by atoms with E-state index in [0.29, 0.717) is 76.2 Å². The number of hydrogen-bond acceptors (Lipinski definition) is 21. The van der Waals surface area contributed by atoms with Gasteiger partial charge < -0.3 is 71.4 Å². The molecule has 0 aromatic heterocycles. The van der Waals surface area contributed by atoms with Gasteiger partial charge in [-0.25, -0.2) is 16.8 Å². The number of hydrogen-bond donors (Lipinski definition) is 2. The molecule has 2 N–H and O–H groups in total. The summed E-state index contributed by atoms with van der Waals surface area (Å²) in [4.78, 5) is 0. The van der Waals surface area contributed by atoms with Gasteiger partial charge in [-0.3, -0.25) is 8.37 Å². The van der Waals surface area contributed by atoms with Gasteiger partial charge in [0.1, 0.15) is 35.6 Å². The Morgan fingerprint density at radius 2 is 1.25 bits per heavy atom. The van der Waals surface area contributed by atoms with E-state index in [-0.39, 0.29) is 127 Å². The second-order valence-electron chi connectivity index (χ2n) is 25.5. The van der Waals surface area contributed by atoms with E-state index in [9.17, 15) is 36.2 Å². The van der Waals surface area contributed by atoms with Crippen LogP contribution in [0.1, 0.15) is 131 Å². The first-order valence-corrected chi connectivity index (χ1v) is 30.8. The minimum atomic E-state index is -5.21. The van der Waals surface area contributed by atoms with Gasteiger partial charge in [-0.05, 0) is 84.6 Å². The largest absolute Gasteiger partial charge is 1.00 e. The summed E-state index contributed by atoms with van der Waals surface area (Å²) >= 11 is 0. The topological polar surface area (TPSA) is 275 Å². The predicted octanol–water partition coefficient (Wildman–Crippen LogP) is -1.62. The van der Waals surface area contributed by atoms with Gasteiger partial charge in [0.15, 0.2) is 0 Å². The van der Waals surface area contributed by atoms with Crippen LogP contribution in [0.15, 0.2) is 49.1 Å². The van der Waals surface area contributed by atoms with Gasteiger partial charge in [-0.2, -0.15) is 0 Å². The van der Waals surface area contributed by atoms with Gasteiger partial charge in [0, 0.05) is 51.4 Å². The van der Waals surface area contributed by atoms with E-state index in [1.54, 1.807) is 25.2 Å². The summed E-state index contributed by atoms with van der Waals surface area (Å²) in [5.74, 6) is 0.0619. The van der Waals surface area contributed by atoms with Crippen LogP contribution >= 0.6 is 0 Å². The van der Waals surface area contributed by atoms with Crippen molar-refractivity contribution in [2.24, 2.45) is 5.92 Å². The Hall–Kier alpha value is 0.180. The van der Waals surface area contributed by atoms with Crippen LogP contribution in [0.2, 0.25) is 0 Å². The van der Waals surface area contributed by atoms with Crippen molar-refractivity contribution in [1.29, 1.82) is 0 Å². The van der Waals surface area contributed by atoms with Crippen molar-refractivity contribution in [1.82, 2.24) is 0 Å². The molecule has 0 amide bonds. The maximum Gasteiger partial charge on any atom is 1.00 e. The Kier molecular flexibility index (Phi) is 19.3. The zero-order chi connectivity index (χ0) is 55.7. The second kappa shape index (κ2) is 23.9. The van der Waals surface area contributed by atoms with E-state index in [2.05, 4.69) is 44.7 Å². The summed E-state index contributed by atoms with van der Waals surface area (Å²) in [7, 11) is -10.3. The minimum absolute atomic E-state index is 0. The molecule has 0 radical (unpaired) electrons. The molecule has 11 aliphatic heterocycles. The fraction of sp³-hybridized carbons (Fsp3) is 0.855. The van der Waals surface area contributed by atoms with E-state index in [0.717, 1.165) is 12.0 Å². The smallest absolute Gasteiger partial charge is 0.726 e. The van der Waals surface area contributed by atoms with E-state index in [4.69, 9.17) is 56.3 Å². The Labute approximate surface area is 515 Å². The third kappa shape index (κ3) is 12.9. The van der Waals surface area contributed by atoms with Gasteiger partial charge in [0.05, 0.1) is 121 Å². The molecule has 11 aliphatic rings. The maximum atomic E-state index is 12.3. The molecule has 0 spiro atoms. The SMILES string of the molecule is C=CCC(=C)/C=C/C(C)(O)C1OC2CC3OC4CC5OC6CC7OC8CC9OC%10CC%11OC(C)(CCOS(=O)(=O)[O-])C(OS(=O)(=O)[O-])CC%11OC%10CC9OC8CCC7(C)OC6(C)CCC(C)C5OC4C(O)C3(C)OC2CC1=C.[Na+].[Na+]. The molecule has 0 aliphatic carbocycles. The summed E-state index contributed by atoms with van der Waals surface area (Å²) in [6, 6.07) is 0. The molecule has 440 valence electrons. The molecular formula is C55H80Na2O21S2. The van der Waals surface area contributed by atoms with Crippen LogP contribution in [-0.2, 0) is 81.3 Å². The molecule has 0 bridgehead atoms. The first-order valence-electron chi connectivity index (χ1n) is 28.1. The quantitative estimate of drug-likeness (QED) is 0.0774. The Balaban J connectivity index is 0.00000387. The van der Waals surface area contributed by atoms with Gasteiger partial charge >= 0.3 is 59.1 Å². The fourth-order valence-electron chi connectivity index (χ4n) is 15.3. The standard InChI is InChI=1S/C55H82O21S2.2Na/c1-10-11-28(2)12-15-51(5,57)50-30(4)20-39-38(71-50)26-46-55(9,74-39)49(56)48-42(70-46)24-41-47(72-48)29(3)13-16-53(7)44(69-41)27-43-54(8,76-53)17-14-31-32(68-43)21-34-33(65-31)22-35-36(66-34)23-40-37(67-35)25-45(75-78(61,62)63)52(6,73-40)18-19-64-77(58,59)60;;/h10,12,15,29,31-50,56-57H,1-2,4,11,13-14,16-27H2,3,5-9H3,(H,58,59,60)(H,61,62,63);;/q;2*+1/p-2/b15-12+;;. The summed E-state index contributed by atoms with van der Waals surface area (Å²) in [5, 5.41) is 24.0. The molecular weight excluding hydrogens is 1110 g/mol. The number of aliphatic hydroxyl groups excluding tert-OH is 1. The molecule has 11 saturated heterocycles. The zero-order valence-corrected chi connectivity index (χ0v) is 53.2.